The highest BCUT2D eigenvalue weighted by atomic mass is 16.3. The minimum absolute atomic E-state index is 0.521. The van der Waals surface area contributed by atoms with Crippen molar-refractivity contribution in [2.75, 3.05) is 20.6 Å². The molecule has 1 aliphatic rings. The number of hydrogen-bond acceptors (Lipinski definition) is 4. The van der Waals surface area contributed by atoms with Gasteiger partial charge in [0.1, 0.15) is 5.76 Å². The Balaban J connectivity index is 1.75. The van der Waals surface area contributed by atoms with Crippen molar-refractivity contribution in [2.24, 2.45) is 0 Å². The van der Waals surface area contributed by atoms with Crippen molar-refractivity contribution in [3.63, 3.8) is 0 Å². The van der Waals surface area contributed by atoms with E-state index >= 15 is 0 Å². The highest BCUT2D eigenvalue weighted by Crippen LogP contribution is 2.26. The highest BCUT2D eigenvalue weighted by molar-refractivity contribution is 5.14. The molecule has 1 fully saturated rings. The van der Waals surface area contributed by atoms with E-state index < -0.39 is 0 Å². The van der Waals surface area contributed by atoms with Crippen LogP contribution in [0.5, 0.6) is 0 Å². The maximum Gasteiger partial charge on any atom is 0.117 e. The third kappa shape index (κ3) is 3.34. The summed E-state index contributed by atoms with van der Waals surface area (Å²) in [5, 5.41) is 0. The number of hydrogen-bond donors (Lipinski definition) is 0. The fourth-order valence-corrected chi connectivity index (χ4v) is 3.33. The van der Waals surface area contributed by atoms with Gasteiger partial charge in [-0.2, -0.15) is 0 Å². The van der Waals surface area contributed by atoms with Gasteiger partial charge in [0.15, 0.2) is 0 Å². The molecule has 21 heavy (non-hydrogen) atoms. The summed E-state index contributed by atoms with van der Waals surface area (Å²) in [6, 6.07) is 9.38. The Hall–Kier alpha value is -1.65. The van der Waals surface area contributed by atoms with Crippen molar-refractivity contribution in [1.82, 2.24) is 14.8 Å². The second-order valence-corrected chi connectivity index (χ2v) is 6.00. The monoisotopic (exact) mass is 285 g/mol. The predicted octanol–water partition coefficient (Wildman–Crippen LogP) is 2.42. The molecule has 0 aliphatic carbocycles. The zero-order chi connectivity index (χ0) is 14.7. The predicted molar refractivity (Wildman–Crippen MR) is 82.9 cm³/mol. The molecule has 0 saturated carbocycles. The fraction of sp³-hybridized carbons (Fsp3) is 0.471. The molecule has 0 aromatic carbocycles. The van der Waals surface area contributed by atoms with Crippen LogP contribution in [0.3, 0.4) is 0 Å². The van der Waals surface area contributed by atoms with Crippen molar-refractivity contribution < 1.29 is 4.42 Å². The fourth-order valence-electron chi connectivity index (χ4n) is 3.33. The standard InChI is InChI=1S/C17H23N3O/c1-19(2)16-7-10-20(13-15-4-3-11-21-15)17(16)12-14-5-8-18-9-6-14/h3-6,8-9,11,16-17H,7,10,12-13H2,1-2H3/t16-,17+/m1/s1. The smallest absolute Gasteiger partial charge is 0.117 e. The Kier molecular flexibility index (Phi) is 4.36. The molecule has 0 N–H and O–H groups in total. The molecule has 3 rings (SSSR count). The molecule has 112 valence electrons. The van der Waals surface area contributed by atoms with Crippen LogP contribution in [-0.4, -0.2) is 47.5 Å². The van der Waals surface area contributed by atoms with Gasteiger partial charge in [-0.05, 0) is 56.8 Å². The van der Waals surface area contributed by atoms with Gasteiger partial charge < -0.3 is 9.32 Å². The van der Waals surface area contributed by atoms with E-state index in [1.165, 1.54) is 12.0 Å². The lowest BCUT2D eigenvalue weighted by Crippen LogP contribution is -2.43. The first kappa shape index (κ1) is 14.3. The zero-order valence-electron chi connectivity index (χ0n) is 12.8. The molecule has 1 aliphatic heterocycles. The van der Waals surface area contributed by atoms with Crippen LogP contribution >= 0.6 is 0 Å². The quantitative estimate of drug-likeness (QED) is 0.844. The lowest BCUT2D eigenvalue weighted by molar-refractivity contribution is 0.169. The molecule has 2 aromatic rings. The van der Waals surface area contributed by atoms with Crippen LogP contribution in [0, 0.1) is 0 Å². The topological polar surface area (TPSA) is 32.5 Å². The van der Waals surface area contributed by atoms with Gasteiger partial charge in [0, 0.05) is 31.0 Å². The van der Waals surface area contributed by atoms with Gasteiger partial charge in [0.05, 0.1) is 12.8 Å². The first-order chi connectivity index (χ1) is 10.2. The van der Waals surface area contributed by atoms with E-state index in [1.54, 1.807) is 6.26 Å². The minimum Gasteiger partial charge on any atom is -0.468 e. The van der Waals surface area contributed by atoms with Gasteiger partial charge >= 0.3 is 0 Å². The molecule has 0 bridgehead atoms. The highest BCUT2D eigenvalue weighted by Gasteiger charge is 2.35. The Bertz CT molecular complexity index is 538. The largest absolute Gasteiger partial charge is 0.468 e. The summed E-state index contributed by atoms with van der Waals surface area (Å²) in [5.74, 6) is 1.05. The van der Waals surface area contributed by atoms with Gasteiger partial charge in [-0.15, -0.1) is 0 Å². The Labute approximate surface area is 126 Å². The zero-order valence-corrected chi connectivity index (χ0v) is 12.8. The van der Waals surface area contributed by atoms with Crippen LogP contribution in [0.1, 0.15) is 17.7 Å². The third-order valence-electron chi connectivity index (χ3n) is 4.42. The van der Waals surface area contributed by atoms with Crippen LogP contribution < -0.4 is 0 Å². The number of furan rings is 1. The number of likely N-dealkylation sites (tertiary alicyclic amines) is 1. The molecular weight excluding hydrogens is 262 g/mol. The minimum atomic E-state index is 0.521. The van der Waals surface area contributed by atoms with Crippen molar-refractivity contribution >= 4 is 0 Å². The summed E-state index contributed by atoms with van der Waals surface area (Å²) >= 11 is 0. The summed E-state index contributed by atoms with van der Waals surface area (Å²) in [6.07, 6.45) is 7.79. The average Bonchev–Trinajstić information content (AvgIpc) is 3.11. The molecule has 4 heteroatoms. The van der Waals surface area contributed by atoms with E-state index in [4.69, 9.17) is 4.42 Å². The normalized spacial score (nSPS) is 23.0. The second kappa shape index (κ2) is 6.41. The number of likely N-dealkylation sites (N-methyl/N-ethyl adjacent to an activating group) is 1. The maximum absolute atomic E-state index is 5.52. The van der Waals surface area contributed by atoms with Crippen LogP contribution in [-0.2, 0) is 13.0 Å². The molecule has 0 unspecified atom stereocenters. The van der Waals surface area contributed by atoms with Crippen molar-refractivity contribution in [1.29, 1.82) is 0 Å². The first-order valence-electron chi connectivity index (χ1n) is 7.56. The Morgan fingerprint density at radius 3 is 2.76 bits per heavy atom. The van der Waals surface area contributed by atoms with Gasteiger partial charge in [0.2, 0.25) is 0 Å². The van der Waals surface area contributed by atoms with E-state index in [0.29, 0.717) is 12.1 Å². The third-order valence-corrected chi connectivity index (χ3v) is 4.42. The molecule has 0 spiro atoms. The molecule has 3 heterocycles. The Morgan fingerprint density at radius 1 is 1.29 bits per heavy atom. The van der Waals surface area contributed by atoms with Crippen LogP contribution in [0.2, 0.25) is 0 Å². The first-order valence-corrected chi connectivity index (χ1v) is 7.56. The summed E-state index contributed by atoms with van der Waals surface area (Å²) in [7, 11) is 4.36. The van der Waals surface area contributed by atoms with Gasteiger partial charge in [0.25, 0.3) is 0 Å². The van der Waals surface area contributed by atoms with Gasteiger partial charge in [-0.25, -0.2) is 0 Å². The lowest BCUT2D eigenvalue weighted by atomic mass is 10.00. The molecule has 0 amide bonds. The van der Waals surface area contributed by atoms with Crippen molar-refractivity contribution in [3.05, 3.63) is 54.2 Å². The van der Waals surface area contributed by atoms with Crippen molar-refractivity contribution in [3.8, 4) is 0 Å². The molecule has 4 nitrogen and oxygen atoms in total. The summed E-state index contributed by atoms with van der Waals surface area (Å²) in [5.41, 5.74) is 1.35. The average molecular weight is 285 g/mol. The number of pyridine rings is 1. The summed E-state index contributed by atoms with van der Waals surface area (Å²) < 4.78 is 5.52. The van der Waals surface area contributed by atoms with E-state index in [-0.39, 0.29) is 0 Å². The van der Waals surface area contributed by atoms with Crippen LogP contribution in [0.4, 0.5) is 0 Å². The molecule has 2 aromatic heterocycles. The van der Waals surface area contributed by atoms with E-state index in [1.807, 2.05) is 18.5 Å². The van der Waals surface area contributed by atoms with Crippen LogP contribution in [0.15, 0.2) is 47.3 Å². The van der Waals surface area contributed by atoms with Crippen molar-refractivity contribution in [2.45, 2.75) is 31.5 Å². The summed E-state index contributed by atoms with van der Waals surface area (Å²) in [6.45, 7) is 2.02. The maximum atomic E-state index is 5.52. The van der Waals surface area contributed by atoms with E-state index in [2.05, 4.69) is 47.1 Å². The van der Waals surface area contributed by atoms with E-state index in [9.17, 15) is 0 Å². The summed E-state index contributed by atoms with van der Waals surface area (Å²) in [4.78, 5) is 9.02. The van der Waals surface area contributed by atoms with Gasteiger partial charge in [-0.1, -0.05) is 0 Å². The van der Waals surface area contributed by atoms with Crippen LogP contribution in [0.25, 0.3) is 0 Å². The second-order valence-electron chi connectivity index (χ2n) is 6.00. The lowest BCUT2D eigenvalue weighted by Gasteiger charge is -2.31. The molecule has 1 saturated heterocycles. The van der Waals surface area contributed by atoms with Gasteiger partial charge in [-0.3, -0.25) is 9.88 Å². The molecular formula is C17H23N3O. The number of aromatic nitrogens is 1. The van der Waals surface area contributed by atoms with E-state index in [0.717, 1.165) is 25.3 Å². The number of nitrogens with zero attached hydrogens (tertiary/aromatic N) is 3. The number of rotatable bonds is 5. The Morgan fingerprint density at radius 2 is 2.10 bits per heavy atom. The SMILES string of the molecule is CN(C)[C@@H]1CCN(Cc2ccco2)[C@H]1Cc1ccncc1. The molecule has 2 atom stereocenters. The molecule has 0 radical (unpaired) electrons.